The molecule has 6 heteroatoms. The highest BCUT2D eigenvalue weighted by Crippen LogP contribution is 2.31. The van der Waals surface area contributed by atoms with Crippen LogP contribution in [0.25, 0.3) is 0 Å². The van der Waals surface area contributed by atoms with Crippen LogP contribution < -0.4 is 5.32 Å². The third-order valence-electron chi connectivity index (χ3n) is 3.12. The van der Waals surface area contributed by atoms with Crippen LogP contribution in [-0.2, 0) is 19.3 Å². The van der Waals surface area contributed by atoms with E-state index in [0.29, 0.717) is 12.3 Å². The third-order valence-corrected chi connectivity index (χ3v) is 3.12. The highest BCUT2D eigenvalue weighted by Gasteiger charge is 2.32. The summed E-state index contributed by atoms with van der Waals surface area (Å²) in [6, 6.07) is 5.55. The van der Waals surface area contributed by atoms with E-state index in [9.17, 15) is 13.2 Å². The minimum absolute atomic E-state index is 0.139. The minimum atomic E-state index is -4.33. The SMILES string of the molecule is Cc1noc(C)c1CNCc1ccccc1C(F)(F)F. The molecule has 0 saturated heterocycles. The van der Waals surface area contributed by atoms with Crippen LogP contribution in [0.15, 0.2) is 28.8 Å². The quantitative estimate of drug-likeness (QED) is 0.932. The Morgan fingerprint density at radius 3 is 2.45 bits per heavy atom. The van der Waals surface area contributed by atoms with Gasteiger partial charge < -0.3 is 9.84 Å². The number of nitrogens with zero attached hydrogens (tertiary/aromatic N) is 1. The molecule has 108 valence electrons. The number of benzene rings is 1. The van der Waals surface area contributed by atoms with Gasteiger partial charge in [0, 0.05) is 18.7 Å². The summed E-state index contributed by atoms with van der Waals surface area (Å²) < 4.78 is 43.5. The number of hydrogen-bond acceptors (Lipinski definition) is 3. The Morgan fingerprint density at radius 2 is 1.85 bits per heavy atom. The van der Waals surface area contributed by atoms with Gasteiger partial charge in [0.05, 0.1) is 11.3 Å². The fourth-order valence-corrected chi connectivity index (χ4v) is 2.03. The Balaban J connectivity index is 2.05. The summed E-state index contributed by atoms with van der Waals surface area (Å²) in [5, 5.41) is 6.80. The molecule has 0 amide bonds. The molecule has 0 spiro atoms. The Hall–Kier alpha value is -1.82. The summed E-state index contributed by atoms with van der Waals surface area (Å²) in [4.78, 5) is 0. The number of nitrogens with one attached hydrogen (secondary N) is 1. The van der Waals surface area contributed by atoms with Crippen LogP contribution in [0.5, 0.6) is 0 Å². The highest BCUT2D eigenvalue weighted by atomic mass is 19.4. The summed E-state index contributed by atoms with van der Waals surface area (Å²) in [5.74, 6) is 0.680. The van der Waals surface area contributed by atoms with Gasteiger partial charge in [-0.1, -0.05) is 23.4 Å². The van der Waals surface area contributed by atoms with Crippen LogP contribution >= 0.6 is 0 Å². The molecule has 1 N–H and O–H groups in total. The number of hydrogen-bond donors (Lipinski definition) is 1. The van der Waals surface area contributed by atoms with Crippen molar-refractivity contribution in [2.45, 2.75) is 33.1 Å². The van der Waals surface area contributed by atoms with Crippen molar-refractivity contribution in [3.63, 3.8) is 0 Å². The number of halogens is 3. The second kappa shape index (κ2) is 5.66. The highest BCUT2D eigenvalue weighted by molar-refractivity contribution is 5.29. The van der Waals surface area contributed by atoms with E-state index in [1.54, 1.807) is 19.9 Å². The molecule has 1 aromatic heterocycles. The first-order chi connectivity index (χ1) is 9.39. The summed E-state index contributed by atoms with van der Waals surface area (Å²) in [7, 11) is 0. The Kier molecular flexibility index (Phi) is 4.13. The molecule has 0 saturated carbocycles. The van der Waals surface area contributed by atoms with Crippen LogP contribution in [-0.4, -0.2) is 5.16 Å². The smallest absolute Gasteiger partial charge is 0.361 e. The van der Waals surface area contributed by atoms with Crippen molar-refractivity contribution in [3.05, 3.63) is 52.4 Å². The molecule has 0 fully saturated rings. The van der Waals surface area contributed by atoms with E-state index in [1.165, 1.54) is 12.1 Å². The summed E-state index contributed by atoms with van der Waals surface area (Å²) in [6.07, 6.45) is -4.33. The predicted octanol–water partition coefficient (Wildman–Crippen LogP) is 3.60. The van der Waals surface area contributed by atoms with E-state index < -0.39 is 11.7 Å². The van der Waals surface area contributed by atoms with Gasteiger partial charge in [-0.2, -0.15) is 13.2 Å². The van der Waals surface area contributed by atoms with Crippen LogP contribution in [0.1, 0.15) is 28.1 Å². The van der Waals surface area contributed by atoms with Gasteiger partial charge in [0.1, 0.15) is 5.76 Å². The molecule has 20 heavy (non-hydrogen) atoms. The van der Waals surface area contributed by atoms with Crippen LogP contribution in [0.2, 0.25) is 0 Å². The van der Waals surface area contributed by atoms with Crippen molar-refractivity contribution in [1.82, 2.24) is 10.5 Å². The second-order valence-corrected chi connectivity index (χ2v) is 4.56. The normalized spacial score (nSPS) is 11.8. The molecule has 0 aliphatic heterocycles. The van der Waals surface area contributed by atoms with Crippen molar-refractivity contribution >= 4 is 0 Å². The fourth-order valence-electron chi connectivity index (χ4n) is 2.03. The zero-order valence-corrected chi connectivity index (χ0v) is 11.2. The van der Waals surface area contributed by atoms with Gasteiger partial charge in [0.25, 0.3) is 0 Å². The molecule has 3 nitrogen and oxygen atoms in total. The fraction of sp³-hybridized carbons (Fsp3) is 0.357. The topological polar surface area (TPSA) is 38.1 Å². The van der Waals surface area contributed by atoms with Crippen LogP contribution in [0.3, 0.4) is 0 Å². The van der Waals surface area contributed by atoms with Gasteiger partial charge >= 0.3 is 6.18 Å². The first-order valence-electron chi connectivity index (χ1n) is 6.17. The first kappa shape index (κ1) is 14.6. The predicted molar refractivity (Wildman–Crippen MR) is 68.0 cm³/mol. The van der Waals surface area contributed by atoms with Crippen molar-refractivity contribution < 1.29 is 17.7 Å². The Morgan fingerprint density at radius 1 is 1.15 bits per heavy atom. The van der Waals surface area contributed by atoms with E-state index in [-0.39, 0.29) is 12.1 Å². The lowest BCUT2D eigenvalue weighted by Gasteiger charge is -2.13. The third kappa shape index (κ3) is 3.19. The molecule has 1 heterocycles. The van der Waals surface area contributed by atoms with Crippen molar-refractivity contribution in [2.75, 3.05) is 0 Å². The molecule has 0 atom stereocenters. The molecule has 0 unspecified atom stereocenters. The molecular formula is C14H15F3N2O. The summed E-state index contributed by atoms with van der Waals surface area (Å²) >= 11 is 0. The molecule has 0 aliphatic carbocycles. The summed E-state index contributed by atoms with van der Waals surface area (Å²) in [5.41, 5.74) is 1.26. The van der Waals surface area contributed by atoms with Gasteiger partial charge in [-0.05, 0) is 25.5 Å². The molecule has 0 aliphatic rings. The molecule has 2 aromatic rings. The number of aromatic nitrogens is 1. The Labute approximate surface area is 114 Å². The lowest BCUT2D eigenvalue weighted by Crippen LogP contribution is -2.17. The maximum atomic E-state index is 12.8. The van der Waals surface area contributed by atoms with Gasteiger partial charge in [-0.15, -0.1) is 0 Å². The zero-order valence-electron chi connectivity index (χ0n) is 11.2. The molecule has 2 rings (SSSR count). The lowest BCUT2D eigenvalue weighted by atomic mass is 10.1. The number of rotatable bonds is 4. The molecule has 0 radical (unpaired) electrons. The van der Waals surface area contributed by atoms with Gasteiger partial charge in [0.15, 0.2) is 0 Å². The monoisotopic (exact) mass is 284 g/mol. The van der Waals surface area contributed by atoms with Crippen molar-refractivity contribution in [1.29, 1.82) is 0 Å². The molecule has 1 aromatic carbocycles. The van der Waals surface area contributed by atoms with Gasteiger partial charge in [-0.3, -0.25) is 0 Å². The standard InChI is InChI=1S/C14H15F3N2O/c1-9-12(10(2)20-19-9)8-18-7-11-5-3-4-6-13(11)14(15,16)17/h3-6,18H,7-8H2,1-2H3. The average molecular weight is 284 g/mol. The first-order valence-corrected chi connectivity index (χ1v) is 6.17. The van der Waals surface area contributed by atoms with E-state index in [0.717, 1.165) is 17.3 Å². The Bertz CT molecular complexity index is 571. The largest absolute Gasteiger partial charge is 0.416 e. The lowest BCUT2D eigenvalue weighted by molar-refractivity contribution is -0.138. The maximum Gasteiger partial charge on any atom is 0.416 e. The second-order valence-electron chi connectivity index (χ2n) is 4.56. The van der Waals surface area contributed by atoms with Gasteiger partial charge in [-0.25, -0.2) is 0 Å². The minimum Gasteiger partial charge on any atom is -0.361 e. The van der Waals surface area contributed by atoms with E-state index in [1.807, 2.05) is 0 Å². The van der Waals surface area contributed by atoms with Crippen molar-refractivity contribution in [3.8, 4) is 0 Å². The van der Waals surface area contributed by atoms with E-state index in [2.05, 4.69) is 10.5 Å². The van der Waals surface area contributed by atoms with E-state index in [4.69, 9.17) is 4.52 Å². The van der Waals surface area contributed by atoms with E-state index >= 15 is 0 Å². The van der Waals surface area contributed by atoms with Crippen molar-refractivity contribution in [2.24, 2.45) is 0 Å². The van der Waals surface area contributed by atoms with Crippen LogP contribution in [0, 0.1) is 13.8 Å². The zero-order chi connectivity index (χ0) is 14.8. The molecular weight excluding hydrogens is 269 g/mol. The number of alkyl halides is 3. The molecule has 0 bridgehead atoms. The van der Waals surface area contributed by atoms with Crippen LogP contribution in [0.4, 0.5) is 13.2 Å². The maximum absolute atomic E-state index is 12.8. The van der Waals surface area contributed by atoms with Gasteiger partial charge in [0.2, 0.25) is 0 Å². The number of aryl methyl sites for hydroxylation is 2. The summed E-state index contributed by atoms with van der Waals surface area (Å²) in [6.45, 7) is 4.14. The average Bonchev–Trinajstić information content (AvgIpc) is 2.70.